The van der Waals surface area contributed by atoms with Crippen molar-refractivity contribution >= 4 is 11.0 Å². The number of nitrogens with zero attached hydrogens (tertiary/aromatic N) is 2. The Bertz CT molecular complexity index is 588. The van der Waals surface area contributed by atoms with Crippen LogP contribution in [0.15, 0.2) is 24.3 Å². The summed E-state index contributed by atoms with van der Waals surface area (Å²) in [5.41, 5.74) is 2.33. The third-order valence-electron chi connectivity index (χ3n) is 3.92. The molecule has 0 aliphatic carbocycles. The highest BCUT2D eigenvalue weighted by Crippen LogP contribution is 2.25. The van der Waals surface area contributed by atoms with Crippen LogP contribution in [0.1, 0.15) is 32.2 Å². The second kappa shape index (κ2) is 4.62. The second-order valence-corrected chi connectivity index (χ2v) is 5.89. The van der Waals surface area contributed by atoms with E-state index < -0.39 is 0 Å². The van der Waals surface area contributed by atoms with E-state index in [0.29, 0.717) is 0 Å². The van der Waals surface area contributed by atoms with Crippen LogP contribution < -0.4 is 5.32 Å². The van der Waals surface area contributed by atoms with Crippen LogP contribution in [0.2, 0.25) is 0 Å². The molecule has 2 heterocycles. The average Bonchev–Trinajstić information content (AvgIpc) is 2.60. The van der Waals surface area contributed by atoms with E-state index in [1.807, 2.05) is 18.2 Å². The Morgan fingerprint density at radius 2 is 2.16 bits per heavy atom. The fraction of sp³-hybridized carbons (Fsp3) is 0.533. The maximum Gasteiger partial charge on any atom is 0.140 e. The van der Waals surface area contributed by atoms with Crippen LogP contribution >= 0.6 is 0 Å². The number of nitrogens with one attached hydrogen (secondary N) is 1. The topological polar surface area (TPSA) is 39.1 Å². The van der Waals surface area contributed by atoms with Gasteiger partial charge in [-0.15, -0.1) is 0 Å². The Balaban J connectivity index is 1.93. The summed E-state index contributed by atoms with van der Waals surface area (Å²) >= 11 is 0. The van der Waals surface area contributed by atoms with E-state index in [1.165, 1.54) is 0 Å². The van der Waals surface area contributed by atoms with Crippen molar-refractivity contribution in [2.45, 2.75) is 31.9 Å². The fourth-order valence-electron chi connectivity index (χ4n) is 2.59. The van der Waals surface area contributed by atoms with Gasteiger partial charge in [-0.1, -0.05) is 12.1 Å². The lowest BCUT2D eigenvalue weighted by Crippen LogP contribution is -2.39. The lowest BCUT2D eigenvalue weighted by Gasteiger charge is -2.23. The minimum Gasteiger partial charge on any atom is -0.369 e. The quantitative estimate of drug-likeness (QED) is 0.854. The smallest absolute Gasteiger partial charge is 0.140 e. The Hall–Kier alpha value is -1.39. The molecule has 3 rings (SSSR count). The van der Waals surface area contributed by atoms with E-state index in [-0.39, 0.29) is 11.6 Å². The average molecular weight is 259 g/mol. The second-order valence-electron chi connectivity index (χ2n) is 5.89. The van der Waals surface area contributed by atoms with Crippen LogP contribution in [0.4, 0.5) is 0 Å². The number of imidazole rings is 1. The van der Waals surface area contributed by atoms with Crippen molar-refractivity contribution in [3.8, 4) is 0 Å². The molecule has 1 aromatic carbocycles. The van der Waals surface area contributed by atoms with E-state index in [2.05, 4.69) is 36.8 Å². The van der Waals surface area contributed by atoms with E-state index in [4.69, 9.17) is 9.72 Å². The predicted octanol–water partition coefficient (Wildman–Crippen LogP) is 2.40. The number of benzene rings is 1. The maximum absolute atomic E-state index is 5.99. The number of para-hydroxylation sites is 2. The normalized spacial score (nSPS) is 23.4. The zero-order valence-corrected chi connectivity index (χ0v) is 11.8. The number of fused-ring (bicyclic) bond motifs is 1. The van der Waals surface area contributed by atoms with E-state index in [0.717, 1.165) is 36.4 Å². The van der Waals surface area contributed by atoms with E-state index >= 15 is 0 Å². The molecule has 102 valence electrons. The number of hydrogen-bond acceptors (Lipinski definition) is 3. The zero-order chi connectivity index (χ0) is 13.5. The van der Waals surface area contributed by atoms with Crippen LogP contribution in [0.3, 0.4) is 0 Å². The first-order valence-corrected chi connectivity index (χ1v) is 6.85. The van der Waals surface area contributed by atoms with Gasteiger partial charge < -0.3 is 14.6 Å². The third-order valence-corrected chi connectivity index (χ3v) is 3.92. The van der Waals surface area contributed by atoms with Crippen molar-refractivity contribution in [1.82, 2.24) is 14.9 Å². The Morgan fingerprint density at radius 1 is 1.37 bits per heavy atom. The van der Waals surface area contributed by atoms with Crippen molar-refractivity contribution in [1.29, 1.82) is 0 Å². The summed E-state index contributed by atoms with van der Waals surface area (Å²) in [6, 6.07) is 8.21. The van der Waals surface area contributed by atoms with Gasteiger partial charge in [0.15, 0.2) is 0 Å². The van der Waals surface area contributed by atoms with Gasteiger partial charge in [0, 0.05) is 25.7 Å². The molecule has 1 unspecified atom stereocenters. The summed E-state index contributed by atoms with van der Waals surface area (Å²) in [5, 5.41) is 3.56. The van der Waals surface area contributed by atoms with E-state index in [9.17, 15) is 0 Å². The third kappa shape index (κ3) is 2.38. The molecular weight excluding hydrogens is 238 g/mol. The molecule has 0 spiro atoms. The molecule has 1 aromatic heterocycles. The molecule has 1 aliphatic heterocycles. The Kier molecular flexibility index (Phi) is 3.07. The first-order valence-electron chi connectivity index (χ1n) is 6.85. The number of hydrogen-bond donors (Lipinski definition) is 1. The summed E-state index contributed by atoms with van der Waals surface area (Å²) in [6.07, 6.45) is 1.05. The SMILES string of the molecule is Cn1c(C2CNC(C)(C)CCO2)nc2ccccc21. The van der Waals surface area contributed by atoms with Crippen molar-refractivity contribution in [2.75, 3.05) is 13.2 Å². The molecule has 19 heavy (non-hydrogen) atoms. The largest absolute Gasteiger partial charge is 0.369 e. The highest BCUT2D eigenvalue weighted by atomic mass is 16.5. The summed E-state index contributed by atoms with van der Waals surface area (Å²) in [6.45, 7) is 6.01. The van der Waals surface area contributed by atoms with Crippen molar-refractivity contribution in [3.05, 3.63) is 30.1 Å². The molecule has 2 aromatic rings. The minimum atomic E-state index is 0.0270. The first-order chi connectivity index (χ1) is 9.07. The van der Waals surface area contributed by atoms with Crippen molar-refractivity contribution in [3.63, 3.8) is 0 Å². The van der Waals surface area contributed by atoms with Gasteiger partial charge in [-0.25, -0.2) is 4.98 Å². The molecule has 0 saturated carbocycles. The van der Waals surface area contributed by atoms with Crippen molar-refractivity contribution < 1.29 is 4.74 Å². The van der Waals surface area contributed by atoms with Crippen LogP contribution in [-0.4, -0.2) is 28.2 Å². The predicted molar refractivity (Wildman–Crippen MR) is 76.1 cm³/mol. The molecule has 1 N–H and O–H groups in total. The number of ether oxygens (including phenoxy) is 1. The van der Waals surface area contributed by atoms with Gasteiger partial charge in [0.1, 0.15) is 11.9 Å². The summed E-state index contributed by atoms with van der Waals surface area (Å²) in [7, 11) is 2.06. The minimum absolute atomic E-state index is 0.0270. The number of aryl methyl sites for hydroxylation is 1. The zero-order valence-electron chi connectivity index (χ0n) is 11.8. The molecule has 1 atom stereocenters. The molecule has 0 radical (unpaired) electrons. The highest BCUT2D eigenvalue weighted by molar-refractivity contribution is 5.75. The molecular formula is C15H21N3O. The molecule has 4 nitrogen and oxygen atoms in total. The molecule has 1 saturated heterocycles. The van der Waals surface area contributed by atoms with Gasteiger partial charge in [-0.3, -0.25) is 0 Å². The van der Waals surface area contributed by atoms with Gasteiger partial charge in [-0.2, -0.15) is 0 Å². The van der Waals surface area contributed by atoms with Gasteiger partial charge in [0.2, 0.25) is 0 Å². The monoisotopic (exact) mass is 259 g/mol. The summed E-state index contributed by atoms with van der Waals surface area (Å²) in [5.74, 6) is 1.01. The van der Waals surface area contributed by atoms with Crippen LogP contribution in [0.25, 0.3) is 11.0 Å². The highest BCUT2D eigenvalue weighted by Gasteiger charge is 2.27. The number of rotatable bonds is 1. The van der Waals surface area contributed by atoms with Crippen LogP contribution in [0, 0.1) is 0 Å². The molecule has 1 fully saturated rings. The molecule has 0 bridgehead atoms. The van der Waals surface area contributed by atoms with Crippen LogP contribution in [0.5, 0.6) is 0 Å². The lowest BCUT2D eigenvalue weighted by atomic mass is 10.0. The first kappa shape index (κ1) is 12.6. The number of aromatic nitrogens is 2. The summed E-state index contributed by atoms with van der Waals surface area (Å²) in [4.78, 5) is 4.72. The lowest BCUT2D eigenvalue weighted by molar-refractivity contribution is 0.0580. The maximum atomic E-state index is 5.99. The van der Waals surface area contributed by atoms with Crippen molar-refractivity contribution in [2.24, 2.45) is 7.05 Å². The fourth-order valence-corrected chi connectivity index (χ4v) is 2.59. The van der Waals surface area contributed by atoms with E-state index in [1.54, 1.807) is 0 Å². The standard InChI is InChI=1S/C15H21N3O/c1-15(2)8-9-19-13(10-16-15)14-17-11-6-4-5-7-12(11)18(14)3/h4-7,13,16H,8-10H2,1-3H3. The molecule has 0 amide bonds. The summed E-state index contributed by atoms with van der Waals surface area (Å²) < 4.78 is 8.13. The van der Waals surface area contributed by atoms with Gasteiger partial charge >= 0.3 is 0 Å². The molecule has 1 aliphatic rings. The molecule has 4 heteroatoms. The Morgan fingerprint density at radius 3 is 2.95 bits per heavy atom. The van der Waals surface area contributed by atoms with Gasteiger partial charge in [-0.05, 0) is 32.4 Å². The van der Waals surface area contributed by atoms with Crippen LogP contribution in [-0.2, 0) is 11.8 Å². The van der Waals surface area contributed by atoms with Gasteiger partial charge in [0.25, 0.3) is 0 Å². The van der Waals surface area contributed by atoms with Gasteiger partial charge in [0.05, 0.1) is 11.0 Å². The Labute approximate surface area is 113 Å².